The fourth-order valence-electron chi connectivity index (χ4n) is 1.97. The maximum absolute atomic E-state index is 5.40. The molecule has 0 spiro atoms. The number of ether oxygens (including phenoxy) is 3. The molecule has 0 fully saturated rings. The van der Waals surface area contributed by atoms with Gasteiger partial charge in [0.25, 0.3) is 0 Å². The number of rotatable bonds is 5. The van der Waals surface area contributed by atoms with Crippen LogP contribution in [0.5, 0.6) is 17.2 Å². The van der Waals surface area contributed by atoms with Crippen molar-refractivity contribution in [3.05, 3.63) is 12.4 Å². The van der Waals surface area contributed by atoms with E-state index in [1.54, 1.807) is 21.3 Å². The van der Waals surface area contributed by atoms with Crippen LogP contribution in [0.4, 0.5) is 5.82 Å². The summed E-state index contributed by atoms with van der Waals surface area (Å²) in [6.45, 7) is 2.77. The molecule has 0 atom stereocenters. The lowest BCUT2D eigenvalue weighted by Crippen LogP contribution is -2.03. The largest absolute Gasteiger partial charge is 0.493 e. The summed E-state index contributed by atoms with van der Waals surface area (Å²) in [7, 11) is 4.73. The van der Waals surface area contributed by atoms with E-state index in [1.165, 1.54) is 6.33 Å². The van der Waals surface area contributed by atoms with Crippen LogP contribution in [0, 0.1) is 0 Å². The second-order valence-corrected chi connectivity index (χ2v) is 3.79. The topological polar surface area (TPSA) is 65.5 Å². The van der Waals surface area contributed by atoms with Gasteiger partial charge in [0.05, 0.1) is 26.7 Å². The number of nitrogens with one attached hydrogen (secondary N) is 1. The highest BCUT2D eigenvalue weighted by Gasteiger charge is 2.18. The molecule has 0 saturated carbocycles. The molecule has 0 radical (unpaired) electrons. The van der Waals surface area contributed by atoms with Gasteiger partial charge < -0.3 is 19.5 Å². The van der Waals surface area contributed by atoms with Gasteiger partial charge in [0.15, 0.2) is 11.5 Å². The standard InChI is InChI=1S/C13H17N3O3/c1-5-14-13-8-6-9(17-2)11(18-3)12(19-4)10(8)15-7-16-13/h6-7H,5H2,1-4H3,(H,14,15,16). The second-order valence-electron chi connectivity index (χ2n) is 3.79. The predicted octanol–water partition coefficient (Wildman–Crippen LogP) is 2.09. The Labute approximate surface area is 111 Å². The monoisotopic (exact) mass is 263 g/mol. The molecule has 102 valence electrons. The third kappa shape index (κ3) is 2.21. The molecule has 0 aliphatic heterocycles. The average molecular weight is 263 g/mol. The lowest BCUT2D eigenvalue weighted by atomic mass is 10.2. The van der Waals surface area contributed by atoms with Crippen LogP contribution in [0.25, 0.3) is 10.9 Å². The highest BCUT2D eigenvalue weighted by Crippen LogP contribution is 2.43. The highest BCUT2D eigenvalue weighted by molar-refractivity contribution is 5.96. The molecular formula is C13H17N3O3. The number of aromatic nitrogens is 2. The Hall–Kier alpha value is -2.24. The van der Waals surface area contributed by atoms with Crippen molar-refractivity contribution in [2.45, 2.75) is 6.92 Å². The molecule has 0 unspecified atom stereocenters. The molecule has 0 bridgehead atoms. The van der Waals surface area contributed by atoms with E-state index in [0.29, 0.717) is 22.8 Å². The minimum absolute atomic E-state index is 0.527. The highest BCUT2D eigenvalue weighted by atomic mass is 16.5. The Balaban J connectivity index is 2.79. The third-order valence-electron chi connectivity index (χ3n) is 2.78. The van der Waals surface area contributed by atoms with Crippen LogP contribution in [0.15, 0.2) is 12.4 Å². The SMILES string of the molecule is CCNc1ncnc2c(OC)c(OC)c(OC)cc12. The van der Waals surface area contributed by atoms with Crippen molar-refractivity contribution < 1.29 is 14.2 Å². The summed E-state index contributed by atoms with van der Waals surface area (Å²) < 4.78 is 16.1. The third-order valence-corrected chi connectivity index (χ3v) is 2.78. The van der Waals surface area contributed by atoms with Gasteiger partial charge in [-0.3, -0.25) is 0 Å². The van der Waals surface area contributed by atoms with E-state index in [1.807, 2.05) is 13.0 Å². The molecule has 6 heteroatoms. The van der Waals surface area contributed by atoms with E-state index in [0.717, 1.165) is 17.7 Å². The minimum Gasteiger partial charge on any atom is -0.493 e. The maximum Gasteiger partial charge on any atom is 0.205 e. The van der Waals surface area contributed by atoms with Crippen LogP contribution in [-0.4, -0.2) is 37.8 Å². The molecule has 0 aliphatic rings. The number of anilines is 1. The number of benzene rings is 1. The van der Waals surface area contributed by atoms with E-state index in [-0.39, 0.29) is 0 Å². The summed E-state index contributed by atoms with van der Waals surface area (Å²) in [6, 6.07) is 1.84. The lowest BCUT2D eigenvalue weighted by Gasteiger charge is -2.15. The van der Waals surface area contributed by atoms with Crippen molar-refractivity contribution in [1.29, 1.82) is 0 Å². The van der Waals surface area contributed by atoms with Crippen molar-refractivity contribution in [3.63, 3.8) is 0 Å². The average Bonchev–Trinajstić information content (AvgIpc) is 2.45. The van der Waals surface area contributed by atoms with E-state index in [9.17, 15) is 0 Å². The fourth-order valence-corrected chi connectivity index (χ4v) is 1.97. The van der Waals surface area contributed by atoms with Gasteiger partial charge in [-0.05, 0) is 13.0 Å². The molecule has 1 N–H and O–H groups in total. The summed E-state index contributed by atoms with van der Waals surface area (Å²) in [5.41, 5.74) is 0.686. The molecule has 0 saturated heterocycles. The van der Waals surface area contributed by atoms with Crippen molar-refractivity contribution in [2.24, 2.45) is 0 Å². The number of hydrogen-bond acceptors (Lipinski definition) is 6. The van der Waals surface area contributed by atoms with Crippen LogP contribution in [0.3, 0.4) is 0 Å². The number of nitrogens with zero attached hydrogens (tertiary/aromatic N) is 2. The molecule has 6 nitrogen and oxygen atoms in total. The lowest BCUT2D eigenvalue weighted by molar-refractivity contribution is 0.327. The number of fused-ring (bicyclic) bond motifs is 1. The molecule has 1 heterocycles. The number of hydrogen-bond donors (Lipinski definition) is 1. The first-order chi connectivity index (χ1) is 9.26. The zero-order chi connectivity index (χ0) is 13.8. The van der Waals surface area contributed by atoms with Crippen LogP contribution >= 0.6 is 0 Å². The molecule has 19 heavy (non-hydrogen) atoms. The van der Waals surface area contributed by atoms with E-state index >= 15 is 0 Å². The Kier molecular flexibility index (Phi) is 3.89. The maximum atomic E-state index is 5.40. The van der Waals surface area contributed by atoms with Crippen LogP contribution in [-0.2, 0) is 0 Å². The summed E-state index contributed by atoms with van der Waals surface area (Å²) in [6.07, 6.45) is 1.49. The Bertz CT molecular complexity index is 587. The van der Waals surface area contributed by atoms with Crippen molar-refractivity contribution >= 4 is 16.7 Å². The van der Waals surface area contributed by atoms with Gasteiger partial charge in [0, 0.05) is 6.54 Å². The molecule has 1 aromatic carbocycles. The fraction of sp³-hybridized carbons (Fsp3) is 0.385. The van der Waals surface area contributed by atoms with Gasteiger partial charge in [-0.15, -0.1) is 0 Å². The predicted molar refractivity (Wildman–Crippen MR) is 73.4 cm³/mol. The summed E-state index contributed by atoms with van der Waals surface area (Å²) in [5, 5.41) is 4.02. The smallest absolute Gasteiger partial charge is 0.205 e. The van der Waals surface area contributed by atoms with Crippen molar-refractivity contribution in [2.75, 3.05) is 33.2 Å². The molecule has 2 rings (SSSR count). The second kappa shape index (κ2) is 5.60. The van der Waals surface area contributed by atoms with Crippen LogP contribution in [0.2, 0.25) is 0 Å². The normalized spacial score (nSPS) is 10.3. The van der Waals surface area contributed by atoms with Crippen molar-refractivity contribution in [3.8, 4) is 17.2 Å². The number of methoxy groups -OCH3 is 3. The Morgan fingerprint density at radius 1 is 1.05 bits per heavy atom. The zero-order valence-electron chi connectivity index (χ0n) is 11.5. The van der Waals surface area contributed by atoms with Gasteiger partial charge in [0.2, 0.25) is 5.75 Å². The molecule has 1 aromatic heterocycles. The van der Waals surface area contributed by atoms with Gasteiger partial charge in [-0.1, -0.05) is 0 Å². The van der Waals surface area contributed by atoms with Crippen LogP contribution < -0.4 is 19.5 Å². The van der Waals surface area contributed by atoms with Gasteiger partial charge >= 0.3 is 0 Å². The first-order valence-corrected chi connectivity index (χ1v) is 5.94. The zero-order valence-corrected chi connectivity index (χ0v) is 11.5. The van der Waals surface area contributed by atoms with E-state index < -0.39 is 0 Å². The first-order valence-electron chi connectivity index (χ1n) is 5.94. The minimum atomic E-state index is 0.527. The van der Waals surface area contributed by atoms with Crippen LogP contribution in [0.1, 0.15) is 6.92 Å². The van der Waals surface area contributed by atoms with E-state index in [2.05, 4.69) is 15.3 Å². The molecule has 2 aromatic rings. The summed E-state index contributed by atoms with van der Waals surface area (Å²) >= 11 is 0. The summed E-state index contributed by atoms with van der Waals surface area (Å²) in [5.74, 6) is 2.39. The van der Waals surface area contributed by atoms with Gasteiger partial charge in [-0.2, -0.15) is 0 Å². The Morgan fingerprint density at radius 2 is 1.79 bits per heavy atom. The van der Waals surface area contributed by atoms with Gasteiger partial charge in [0.1, 0.15) is 17.7 Å². The van der Waals surface area contributed by atoms with Gasteiger partial charge in [-0.25, -0.2) is 9.97 Å². The Morgan fingerprint density at radius 3 is 2.37 bits per heavy atom. The van der Waals surface area contributed by atoms with Crippen molar-refractivity contribution in [1.82, 2.24) is 9.97 Å². The van der Waals surface area contributed by atoms with E-state index in [4.69, 9.17) is 14.2 Å². The molecule has 0 aliphatic carbocycles. The molecular weight excluding hydrogens is 246 g/mol. The molecule has 0 amide bonds. The first kappa shape index (κ1) is 13.2. The quantitative estimate of drug-likeness (QED) is 0.891. The summed E-state index contributed by atoms with van der Waals surface area (Å²) in [4.78, 5) is 8.50.